The second kappa shape index (κ2) is 10.4. The highest BCUT2D eigenvalue weighted by molar-refractivity contribution is 7.91. The van der Waals surface area contributed by atoms with E-state index < -0.39 is 9.84 Å². The molecule has 0 spiro atoms. The summed E-state index contributed by atoms with van der Waals surface area (Å²) in [5.74, 6) is 2.14. The molecule has 1 saturated heterocycles. The fraction of sp³-hybridized carbons (Fsp3) is 0.611. The number of rotatable bonds is 8. The van der Waals surface area contributed by atoms with Gasteiger partial charge in [0.15, 0.2) is 15.8 Å². The fourth-order valence-electron chi connectivity index (χ4n) is 2.74. The first-order valence-electron chi connectivity index (χ1n) is 9.19. The summed E-state index contributed by atoms with van der Waals surface area (Å²) in [7, 11) is -2.82. The van der Waals surface area contributed by atoms with Crippen LogP contribution in [0.2, 0.25) is 0 Å². The summed E-state index contributed by atoms with van der Waals surface area (Å²) in [5.41, 5.74) is 1.05. The maximum atomic E-state index is 11.5. The molecule has 1 aliphatic heterocycles. The topological polar surface area (TPSA) is 83.0 Å². The number of ether oxygens (including phenoxy) is 1. The van der Waals surface area contributed by atoms with E-state index >= 15 is 0 Å². The van der Waals surface area contributed by atoms with E-state index in [1.165, 1.54) is 0 Å². The molecule has 0 radical (unpaired) electrons. The molecule has 0 bridgehead atoms. The van der Waals surface area contributed by atoms with Crippen LogP contribution in [-0.4, -0.2) is 70.1 Å². The van der Waals surface area contributed by atoms with Crippen molar-refractivity contribution in [3.05, 3.63) is 29.8 Å². The lowest BCUT2D eigenvalue weighted by molar-refractivity contribution is 0.299. The molecule has 7 nitrogen and oxygen atoms in total. The number of aliphatic imine (C=N–C) groups is 1. The van der Waals surface area contributed by atoms with E-state index in [9.17, 15) is 8.42 Å². The van der Waals surface area contributed by atoms with E-state index in [2.05, 4.69) is 20.5 Å². The van der Waals surface area contributed by atoms with Gasteiger partial charge in [-0.25, -0.2) is 13.4 Å². The Balaban J connectivity index is 1.85. The molecule has 8 heteroatoms. The maximum Gasteiger partial charge on any atom is 0.191 e. The number of nitrogens with one attached hydrogen (secondary N) is 2. The molecule has 1 aromatic rings. The van der Waals surface area contributed by atoms with Gasteiger partial charge in [-0.3, -0.25) is 4.90 Å². The number of hydrogen-bond donors (Lipinski definition) is 2. The summed E-state index contributed by atoms with van der Waals surface area (Å²) in [6.45, 7) is 8.69. The second-order valence-corrected chi connectivity index (χ2v) is 8.46. The van der Waals surface area contributed by atoms with Crippen LogP contribution in [0.4, 0.5) is 0 Å². The lowest BCUT2D eigenvalue weighted by Gasteiger charge is -2.26. The minimum absolute atomic E-state index is 0.259. The summed E-state index contributed by atoms with van der Waals surface area (Å²) in [5, 5.41) is 6.56. The van der Waals surface area contributed by atoms with E-state index in [0.29, 0.717) is 26.2 Å². The SMILES string of the molecule is CCNC(=NCc1ccccc1OCC)NCCN1CCS(=O)(=O)CC1. The van der Waals surface area contributed by atoms with Gasteiger partial charge in [-0.1, -0.05) is 18.2 Å². The number of sulfone groups is 1. The first-order chi connectivity index (χ1) is 12.5. The number of nitrogens with zero attached hydrogens (tertiary/aromatic N) is 2. The molecule has 1 aliphatic rings. The van der Waals surface area contributed by atoms with Gasteiger partial charge in [0.2, 0.25) is 0 Å². The molecule has 2 rings (SSSR count). The van der Waals surface area contributed by atoms with Gasteiger partial charge in [0, 0.05) is 38.3 Å². The van der Waals surface area contributed by atoms with Gasteiger partial charge in [-0.2, -0.15) is 0 Å². The minimum atomic E-state index is -2.82. The van der Waals surface area contributed by atoms with E-state index in [-0.39, 0.29) is 11.5 Å². The molecule has 26 heavy (non-hydrogen) atoms. The van der Waals surface area contributed by atoms with Gasteiger partial charge in [0.05, 0.1) is 24.7 Å². The van der Waals surface area contributed by atoms with Crippen LogP contribution in [0.1, 0.15) is 19.4 Å². The zero-order valence-corrected chi connectivity index (χ0v) is 16.5. The predicted octanol–water partition coefficient (Wildman–Crippen LogP) is 0.871. The molecular formula is C18H30N4O3S. The van der Waals surface area contributed by atoms with Gasteiger partial charge in [0.25, 0.3) is 0 Å². The van der Waals surface area contributed by atoms with Crippen LogP contribution in [0.15, 0.2) is 29.3 Å². The summed E-state index contributed by atoms with van der Waals surface area (Å²) in [4.78, 5) is 6.80. The average molecular weight is 383 g/mol. The molecular weight excluding hydrogens is 352 g/mol. The smallest absolute Gasteiger partial charge is 0.191 e. The predicted molar refractivity (Wildman–Crippen MR) is 106 cm³/mol. The molecule has 0 unspecified atom stereocenters. The van der Waals surface area contributed by atoms with E-state index in [4.69, 9.17) is 4.74 Å². The highest BCUT2D eigenvalue weighted by atomic mass is 32.2. The van der Waals surface area contributed by atoms with E-state index in [1.54, 1.807) is 0 Å². The normalized spacial score (nSPS) is 17.7. The Bertz CT molecular complexity index is 677. The molecule has 0 amide bonds. The van der Waals surface area contributed by atoms with E-state index in [0.717, 1.165) is 36.9 Å². The van der Waals surface area contributed by atoms with Crippen molar-refractivity contribution in [2.24, 2.45) is 4.99 Å². The zero-order valence-electron chi connectivity index (χ0n) is 15.7. The highest BCUT2D eigenvalue weighted by Crippen LogP contribution is 2.18. The Morgan fingerprint density at radius 2 is 1.92 bits per heavy atom. The van der Waals surface area contributed by atoms with E-state index in [1.807, 2.05) is 38.1 Å². The molecule has 0 aliphatic carbocycles. The lowest BCUT2D eigenvalue weighted by atomic mass is 10.2. The maximum absolute atomic E-state index is 11.5. The Kier molecular flexibility index (Phi) is 8.18. The summed E-state index contributed by atoms with van der Waals surface area (Å²) < 4.78 is 28.6. The molecule has 1 fully saturated rings. The number of para-hydroxylation sites is 1. The zero-order chi connectivity index (χ0) is 18.8. The van der Waals surface area contributed by atoms with Crippen molar-refractivity contribution in [1.29, 1.82) is 0 Å². The Morgan fingerprint density at radius 1 is 1.19 bits per heavy atom. The Labute approximate surface area is 156 Å². The third kappa shape index (κ3) is 6.84. The molecule has 0 aromatic heterocycles. The average Bonchev–Trinajstić information content (AvgIpc) is 2.62. The van der Waals surface area contributed by atoms with Crippen LogP contribution in [0.25, 0.3) is 0 Å². The molecule has 1 aromatic carbocycles. The van der Waals surface area contributed by atoms with Crippen molar-refractivity contribution < 1.29 is 13.2 Å². The number of hydrogen-bond acceptors (Lipinski definition) is 5. The quantitative estimate of drug-likeness (QED) is 0.513. The summed E-state index contributed by atoms with van der Waals surface area (Å²) in [6.07, 6.45) is 0. The second-order valence-electron chi connectivity index (χ2n) is 6.16. The Hall–Kier alpha value is -1.80. The van der Waals surface area contributed by atoms with Crippen LogP contribution in [0, 0.1) is 0 Å². The summed E-state index contributed by atoms with van der Waals surface area (Å²) >= 11 is 0. The highest BCUT2D eigenvalue weighted by Gasteiger charge is 2.20. The van der Waals surface area contributed by atoms with Crippen molar-refractivity contribution in [2.45, 2.75) is 20.4 Å². The summed E-state index contributed by atoms with van der Waals surface area (Å²) in [6, 6.07) is 7.92. The first-order valence-corrected chi connectivity index (χ1v) is 11.0. The minimum Gasteiger partial charge on any atom is -0.494 e. The lowest BCUT2D eigenvalue weighted by Crippen LogP contribution is -2.45. The van der Waals surface area contributed by atoms with Gasteiger partial charge in [-0.15, -0.1) is 0 Å². The molecule has 146 valence electrons. The van der Waals surface area contributed by atoms with Crippen molar-refractivity contribution >= 4 is 15.8 Å². The van der Waals surface area contributed by atoms with Crippen molar-refractivity contribution in [3.8, 4) is 5.75 Å². The van der Waals surface area contributed by atoms with Crippen LogP contribution < -0.4 is 15.4 Å². The van der Waals surface area contributed by atoms with Crippen LogP contribution in [0.5, 0.6) is 5.75 Å². The largest absolute Gasteiger partial charge is 0.494 e. The fourth-order valence-corrected chi connectivity index (χ4v) is 4.02. The number of guanidine groups is 1. The van der Waals surface area contributed by atoms with Crippen LogP contribution in [-0.2, 0) is 16.4 Å². The number of benzene rings is 1. The van der Waals surface area contributed by atoms with Crippen molar-refractivity contribution in [2.75, 3.05) is 50.8 Å². The van der Waals surface area contributed by atoms with Gasteiger partial charge in [-0.05, 0) is 19.9 Å². The van der Waals surface area contributed by atoms with Crippen LogP contribution >= 0.6 is 0 Å². The molecule has 0 saturated carbocycles. The standard InChI is InChI=1S/C18H30N4O3S/c1-3-19-18(20-9-10-22-11-13-26(23,24)14-12-22)21-15-16-7-5-6-8-17(16)25-4-2/h5-8H,3-4,9-15H2,1-2H3,(H2,19,20,21). The first kappa shape index (κ1) is 20.5. The van der Waals surface area contributed by atoms with Gasteiger partial charge < -0.3 is 15.4 Å². The third-order valence-electron chi connectivity index (χ3n) is 4.18. The Morgan fingerprint density at radius 3 is 2.62 bits per heavy atom. The molecule has 0 atom stereocenters. The third-order valence-corrected chi connectivity index (χ3v) is 5.79. The monoisotopic (exact) mass is 382 g/mol. The van der Waals surface area contributed by atoms with Crippen molar-refractivity contribution in [1.82, 2.24) is 15.5 Å². The molecule has 1 heterocycles. The molecule has 2 N–H and O–H groups in total. The van der Waals surface area contributed by atoms with Gasteiger partial charge in [0.1, 0.15) is 5.75 Å². The van der Waals surface area contributed by atoms with Gasteiger partial charge >= 0.3 is 0 Å². The van der Waals surface area contributed by atoms with Crippen molar-refractivity contribution in [3.63, 3.8) is 0 Å². The van der Waals surface area contributed by atoms with Crippen LogP contribution in [0.3, 0.4) is 0 Å².